The van der Waals surface area contributed by atoms with Crippen LogP contribution in [0.3, 0.4) is 0 Å². The zero-order chi connectivity index (χ0) is 10.7. The quantitative estimate of drug-likeness (QED) is 0.654. The maximum absolute atomic E-state index is 4.02. The third kappa shape index (κ3) is 1.70. The van der Waals surface area contributed by atoms with Gasteiger partial charge in [-0.25, -0.2) is 0 Å². The third-order valence-electron chi connectivity index (χ3n) is 2.20. The van der Waals surface area contributed by atoms with Gasteiger partial charge in [-0.05, 0) is 0 Å². The Morgan fingerprint density at radius 2 is 1.64 bits per heavy atom. The SMILES string of the molecule is C=C1c2ccccc2[C](=[V])N1C.CC. The van der Waals surface area contributed by atoms with E-state index in [1.54, 1.807) is 0 Å². The van der Waals surface area contributed by atoms with Crippen molar-refractivity contribution >= 4 is 10.0 Å². The average molecular weight is 224 g/mol. The normalized spacial score (nSPS) is 13.4. The van der Waals surface area contributed by atoms with Gasteiger partial charge in [0.15, 0.2) is 0 Å². The molecule has 1 aliphatic heterocycles. The van der Waals surface area contributed by atoms with Gasteiger partial charge in [-0.2, -0.15) is 0 Å². The van der Waals surface area contributed by atoms with Gasteiger partial charge in [0.05, 0.1) is 0 Å². The number of hydrogen-bond acceptors (Lipinski definition) is 1. The van der Waals surface area contributed by atoms with Gasteiger partial charge in [-0.3, -0.25) is 0 Å². The minimum absolute atomic E-state index is 1.08. The van der Waals surface area contributed by atoms with Crippen molar-refractivity contribution in [2.24, 2.45) is 0 Å². The molecule has 0 saturated carbocycles. The molecule has 0 N–H and O–H groups in total. The molecule has 0 bridgehead atoms. The Kier molecular flexibility index (Phi) is 3.73. The zero-order valence-corrected chi connectivity index (χ0v) is 10.3. The van der Waals surface area contributed by atoms with Gasteiger partial charge in [0.25, 0.3) is 0 Å². The topological polar surface area (TPSA) is 3.24 Å². The second-order valence-electron chi connectivity index (χ2n) is 2.87. The van der Waals surface area contributed by atoms with Crippen molar-refractivity contribution in [1.29, 1.82) is 0 Å². The maximum Gasteiger partial charge on any atom is -0.0683 e. The Morgan fingerprint density at radius 3 is 2.14 bits per heavy atom. The summed E-state index contributed by atoms with van der Waals surface area (Å²) in [6.45, 7) is 8.02. The molecule has 0 spiro atoms. The zero-order valence-electron chi connectivity index (χ0n) is 8.91. The Morgan fingerprint density at radius 1 is 1.14 bits per heavy atom. The Labute approximate surface area is 94.9 Å². The van der Waals surface area contributed by atoms with Crippen LogP contribution in [0.4, 0.5) is 0 Å². The van der Waals surface area contributed by atoms with Crippen LogP contribution in [-0.2, 0) is 17.0 Å². The van der Waals surface area contributed by atoms with E-state index in [0.29, 0.717) is 0 Å². The van der Waals surface area contributed by atoms with Crippen LogP contribution in [-0.4, -0.2) is 16.3 Å². The summed E-state index contributed by atoms with van der Waals surface area (Å²) in [7, 11) is 2.04. The van der Waals surface area contributed by atoms with Crippen molar-refractivity contribution in [3.8, 4) is 0 Å². The van der Waals surface area contributed by atoms with Gasteiger partial charge in [-0.15, -0.1) is 0 Å². The largest absolute Gasteiger partial charge is 0.0683 e. The van der Waals surface area contributed by atoms with Crippen molar-refractivity contribution in [1.82, 2.24) is 4.90 Å². The van der Waals surface area contributed by atoms with Crippen LogP contribution in [0.15, 0.2) is 30.8 Å². The molecular formula is C12H15NV. The van der Waals surface area contributed by atoms with Crippen LogP contribution in [0.5, 0.6) is 0 Å². The fourth-order valence-corrected chi connectivity index (χ4v) is 1.91. The predicted octanol–water partition coefficient (Wildman–Crippen LogP) is 2.65. The maximum atomic E-state index is 4.02. The molecule has 1 aliphatic rings. The molecule has 0 aliphatic carbocycles. The molecule has 1 heterocycles. The Hall–Kier alpha value is -0.786. The van der Waals surface area contributed by atoms with Crippen molar-refractivity contribution in [3.05, 3.63) is 42.0 Å². The summed E-state index contributed by atoms with van der Waals surface area (Å²) in [5.74, 6) is 0. The van der Waals surface area contributed by atoms with Gasteiger partial charge in [0.2, 0.25) is 0 Å². The van der Waals surface area contributed by atoms with Crippen molar-refractivity contribution in [3.63, 3.8) is 0 Å². The number of benzene rings is 1. The van der Waals surface area contributed by atoms with Crippen LogP contribution in [0.2, 0.25) is 0 Å². The van der Waals surface area contributed by atoms with Crippen molar-refractivity contribution in [2.45, 2.75) is 13.8 Å². The van der Waals surface area contributed by atoms with E-state index >= 15 is 0 Å². The van der Waals surface area contributed by atoms with E-state index in [0.717, 1.165) is 5.70 Å². The van der Waals surface area contributed by atoms with Crippen LogP contribution >= 0.6 is 0 Å². The fourth-order valence-electron chi connectivity index (χ4n) is 1.42. The molecule has 0 radical (unpaired) electrons. The van der Waals surface area contributed by atoms with Crippen LogP contribution in [0.25, 0.3) is 5.70 Å². The Balaban J connectivity index is 0.000000461. The van der Waals surface area contributed by atoms with Gasteiger partial charge in [-0.1, -0.05) is 13.8 Å². The first-order chi connectivity index (χ1) is 6.72. The second-order valence-corrected chi connectivity index (χ2v) is 3.54. The predicted molar refractivity (Wildman–Crippen MR) is 58.7 cm³/mol. The molecule has 0 amide bonds. The second kappa shape index (κ2) is 4.63. The van der Waals surface area contributed by atoms with Gasteiger partial charge in [0.1, 0.15) is 0 Å². The summed E-state index contributed by atoms with van der Waals surface area (Å²) < 4.78 is 1.23. The minimum Gasteiger partial charge on any atom is -0.0683 e. The van der Waals surface area contributed by atoms with E-state index in [4.69, 9.17) is 0 Å². The summed E-state index contributed by atoms with van der Waals surface area (Å²) in [5.41, 5.74) is 3.61. The van der Waals surface area contributed by atoms with E-state index < -0.39 is 0 Å². The summed E-state index contributed by atoms with van der Waals surface area (Å²) in [4.78, 5) is 2.10. The monoisotopic (exact) mass is 224 g/mol. The molecule has 73 valence electrons. The molecule has 2 heteroatoms. The number of rotatable bonds is 0. The Bertz CT molecular complexity index is 333. The molecule has 14 heavy (non-hydrogen) atoms. The van der Waals surface area contributed by atoms with Gasteiger partial charge < -0.3 is 0 Å². The minimum atomic E-state index is 1.08. The number of fused-ring (bicyclic) bond motifs is 1. The van der Waals surface area contributed by atoms with Crippen LogP contribution in [0, 0.1) is 0 Å². The van der Waals surface area contributed by atoms with Gasteiger partial charge in [0, 0.05) is 0 Å². The van der Waals surface area contributed by atoms with Gasteiger partial charge >= 0.3 is 80.9 Å². The first-order valence-corrected chi connectivity index (χ1v) is 5.50. The smallest absolute Gasteiger partial charge is 0.0683 e. The molecule has 1 aromatic carbocycles. The van der Waals surface area contributed by atoms with Crippen LogP contribution in [0.1, 0.15) is 25.0 Å². The molecule has 2 rings (SSSR count). The molecule has 0 aromatic heterocycles. The number of nitrogens with zero attached hydrogens (tertiary/aromatic N) is 1. The van der Waals surface area contributed by atoms with E-state index in [9.17, 15) is 0 Å². The first-order valence-electron chi connectivity index (χ1n) is 4.80. The summed E-state index contributed by atoms with van der Waals surface area (Å²) in [5, 5.41) is 0. The first kappa shape index (κ1) is 11.3. The summed E-state index contributed by atoms with van der Waals surface area (Å²) in [6.07, 6.45) is 0. The van der Waals surface area contributed by atoms with Crippen LogP contribution < -0.4 is 0 Å². The van der Waals surface area contributed by atoms with Crippen molar-refractivity contribution < 1.29 is 17.0 Å². The average Bonchev–Trinajstić information content (AvgIpc) is 2.48. The molecule has 1 aromatic rings. The van der Waals surface area contributed by atoms with Crippen molar-refractivity contribution in [2.75, 3.05) is 7.05 Å². The molecule has 0 atom stereocenters. The third-order valence-corrected chi connectivity index (χ3v) is 3.05. The number of hydrogen-bond donors (Lipinski definition) is 0. The molecule has 0 unspecified atom stereocenters. The standard InChI is InChI=1S/C10H9N.C2H6.V/c1-8-10-6-4-3-5-9(10)7-11(8)2;1-2;/h3-6H,1H2,2H3;1-2H3;. The molecule has 1 nitrogen and oxygen atoms in total. The van der Waals surface area contributed by atoms with E-state index in [2.05, 4.69) is 46.7 Å². The fraction of sp³-hybridized carbons (Fsp3) is 0.250. The summed E-state index contributed by atoms with van der Waals surface area (Å²) in [6, 6.07) is 8.33. The van der Waals surface area contributed by atoms with E-state index in [1.807, 2.05) is 27.0 Å². The molecular weight excluding hydrogens is 209 g/mol. The summed E-state index contributed by atoms with van der Waals surface area (Å²) >= 11 is 2.59. The molecule has 0 saturated heterocycles. The van der Waals surface area contributed by atoms with E-state index in [1.165, 1.54) is 15.5 Å². The molecule has 0 fully saturated rings. The van der Waals surface area contributed by atoms with E-state index in [-0.39, 0.29) is 0 Å².